The summed E-state index contributed by atoms with van der Waals surface area (Å²) >= 11 is 0. The molecule has 0 aliphatic rings. The lowest BCUT2D eigenvalue weighted by Crippen LogP contribution is -2.07. The fourth-order valence-corrected chi connectivity index (χ4v) is 1.58. The third-order valence-electron chi connectivity index (χ3n) is 2.44. The molecule has 0 fully saturated rings. The Morgan fingerprint density at radius 2 is 2.31 bits per heavy atom. The molecule has 1 aromatic carbocycles. The number of ketones is 1. The van der Waals surface area contributed by atoms with Gasteiger partial charge in [0.1, 0.15) is 5.82 Å². The number of Topliss-reactive ketones (excluding diaryl/α,β-unsaturated/α-hetero) is 1. The molecular formula is C12H13N3O. The van der Waals surface area contributed by atoms with Crippen molar-refractivity contribution < 1.29 is 4.79 Å². The molecule has 0 aliphatic heterocycles. The maximum Gasteiger partial charge on any atom is 0.170 e. The van der Waals surface area contributed by atoms with Gasteiger partial charge >= 0.3 is 0 Å². The second-order valence-corrected chi connectivity index (χ2v) is 3.71. The Bertz CT molecular complexity index is 503. The van der Waals surface area contributed by atoms with E-state index in [9.17, 15) is 4.79 Å². The minimum Gasteiger partial charge on any atom is -0.399 e. The van der Waals surface area contributed by atoms with Crippen LogP contribution in [0, 0.1) is 6.92 Å². The summed E-state index contributed by atoms with van der Waals surface area (Å²) in [5.74, 6) is 0.701. The number of aromatic nitrogens is 2. The highest BCUT2D eigenvalue weighted by Crippen LogP contribution is 2.14. The van der Waals surface area contributed by atoms with Gasteiger partial charge in [0.25, 0.3) is 0 Å². The fraction of sp³-hybridized carbons (Fsp3) is 0.167. The molecule has 0 saturated carbocycles. The number of nitrogens with two attached hydrogens (primary N) is 1. The van der Waals surface area contributed by atoms with Crippen LogP contribution < -0.4 is 5.73 Å². The van der Waals surface area contributed by atoms with Crippen molar-refractivity contribution in [2.75, 3.05) is 5.73 Å². The van der Waals surface area contributed by atoms with Crippen LogP contribution in [0.25, 0.3) is 0 Å². The molecule has 3 N–H and O–H groups in total. The summed E-state index contributed by atoms with van der Waals surface area (Å²) in [4.78, 5) is 18.9. The van der Waals surface area contributed by atoms with Crippen molar-refractivity contribution >= 4 is 11.5 Å². The van der Waals surface area contributed by atoms with Crippen molar-refractivity contribution in [1.29, 1.82) is 0 Å². The molecule has 4 heteroatoms. The number of aryl methyl sites for hydroxylation is 1. The number of benzene rings is 1. The van der Waals surface area contributed by atoms with Crippen LogP contribution >= 0.6 is 0 Å². The number of rotatable bonds is 3. The third-order valence-corrected chi connectivity index (χ3v) is 2.44. The minimum atomic E-state index is 0.0275. The first-order valence-electron chi connectivity index (χ1n) is 5.04. The van der Waals surface area contributed by atoms with Crippen LogP contribution in [-0.4, -0.2) is 15.8 Å². The fourth-order valence-electron chi connectivity index (χ4n) is 1.58. The molecule has 82 valence electrons. The van der Waals surface area contributed by atoms with Gasteiger partial charge in [-0.05, 0) is 24.6 Å². The van der Waals surface area contributed by atoms with Crippen molar-refractivity contribution in [1.82, 2.24) is 9.97 Å². The van der Waals surface area contributed by atoms with E-state index >= 15 is 0 Å². The summed E-state index contributed by atoms with van der Waals surface area (Å²) < 4.78 is 0. The van der Waals surface area contributed by atoms with Gasteiger partial charge in [0.15, 0.2) is 5.78 Å². The normalized spacial score (nSPS) is 10.3. The van der Waals surface area contributed by atoms with Crippen molar-refractivity contribution in [3.8, 4) is 0 Å². The number of nitrogens with zero attached hydrogens (tertiary/aromatic N) is 1. The average Bonchev–Trinajstić information content (AvgIpc) is 2.74. The predicted molar refractivity (Wildman–Crippen MR) is 62.2 cm³/mol. The van der Waals surface area contributed by atoms with Crippen LogP contribution in [0.15, 0.2) is 30.6 Å². The Hall–Kier alpha value is -2.10. The van der Waals surface area contributed by atoms with E-state index in [0.29, 0.717) is 17.1 Å². The van der Waals surface area contributed by atoms with Gasteiger partial charge in [-0.25, -0.2) is 4.98 Å². The first kappa shape index (κ1) is 10.4. The number of carbonyl (C=O) groups excluding carboxylic acids is 1. The SMILES string of the molecule is Cc1ccc(N)cc1C(=O)Cc1ncc[nH]1. The zero-order valence-electron chi connectivity index (χ0n) is 9.03. The molecule has 1 heterocycles. The number of nitrogen functional groups attached to an aromatic ring is 1. The average molecular weight is 215 g/mol. The molecular weight excluding hydrogens is 202 g/mol. The summed E-state index contributed by atoms with van der Waals surface area (Å²) in [6.45, 7) is 1.90. The van der Waals surface area contributed by atoms with Gasteiger partial charge in [-0.15, -0.1) is 0 Å². The van der Waals surface area contributed by atoms with Crippen LogP contribution in [0.1, 0.15) is 21.7 Å². The molecule has 0 bridgehead atoms. The minimum absolute atomic E-state index is 0.0275. The molecule has 0 radical (unpaired) electrons. The van der Waals surface area contributed by atoms with E-state index in [1.54, 1.807) is 24.5 Å². The van der Waals surface area contributed by atoms with Gasteiger partial charge in [-0.3, -0.25) is 4.79 Å². The van der Waals surface area contributed by atoms with Gasteiger partial charge in [0.2, 0.25) is 0 Å². The highest BCUT2D eigenvalue weighted by Gasteiger charge is 2.11. The number of nitrogens with one attached hydrogen (secondary N) is 1. The van der Waals surface area contributed by atoms with Gasteiger partial charge in [0, 0.05) is 23.6 Å². The van der Waals surface area contributed by atoms with Crippen LogP contribution in [0.4, 0.5) is 5.69 Å². The monoisotopic (exact) mass is 215 g/mol. The Kier molecular flexibility index (Phi) is 2.72. The molecule has 0 saturated heterocycles. The molecule has 2 aromatic rings. The van der Waals surface area contributed by atoms with Crippen molar-refractivity contribution in [3.05, 3.63) is 47.5 Å². The van der Waals surface area contributed by atoms with E-state index in [2.05, 4.69) is 9.97 Å². The van der Waals surface area contributed by atoms with Crippen LogP contribution in [-0.2, 0) is 6.42 Å². The lowest BCUT2D eigenvalue weighted by Gasteiger charge is -2.04. The molecule has 16 heavy (non-hydrogen) atoms. The Balaban J connectivity index is 2.24. The van der Waals surface area contributed by atoms with Crippen LogP contribution in [0.2, 0.25) is 0 Å². The summed E-state index contributed by atoms with van der Waals surface area (Å²) in [5.41, 5.74) is 7.87. The molecule has 2 rings (SSSR count). The van der Waals surface area contributed by atoms with E-state index in [4.69, 9.17) is 5.73 Å². The standard InChI is InChI=1S/C12H13N3O/c1-8-2-3-9(13)6-10(8)11(16)7-12-14-4-5-15-12/h2-6H,7,13H2,1H3,(H,14,15). The zero-order chi connectivity index (χ0) is 11.5. The van der Waals surface area contributed by atoms with Crippen LogP contribution in [0.5, 0.6) is 0 Å². The zero-order valence-corrected chi connectivity index (χ0v) is 9.03. The number of aromatic amines is 1. The van der Waals surface area contributed by atoms with Gasteiger partial charge in [-0.2, -0.15) is 0 Å². The largest absolute Gasteiger partial charge is 0.399 e. The van der Waals surface area contributed by atoms with Crippen molar-refractivity contribution in [2.24, 2.45) is 0 Å². The quantitative estimate of drug-likeness (QED) is 0.605. The van der Waals surface area contributed by atoms with Gasteiger partial charge < -0.3 is 10.7 Å². The molecule has 0 unspecified atom stereocenters. The Morgan fingerprint density at radius 1 is 1.50 bits per heavy atom. The highest BCUT2D eigenvalue weighted by molar-refractivity contribution is 5.99. The first-order chi connectivity index (χ1) is 7.66. The Morgan fingerprint density at radius 3 is 3.00 bits per heavy atom. The first-order valence-corrected chi connectivity index (χ1v) is 5.04. The Labute approximate surface area is 93.5 Å². The topological polar surface area (TPSA) is 71.8 Å². The third kappa shape index (κ3) is 2.11. The number of hydrogen-bond donors (Lipinski definition) is 2. The predicted octanol–water partition coefficient (Wildman–Crippen LogP) is 1.73. The summed E-state index contributed by atoms with van der Waals surface area (Å²) in [5, 5.41) is 0. The summed E-state index contributed by atoms with van der Waals surface area (Å²) in [6.07, 6.45) is 3.61. The molecule has 0 atom stereocenters. The lowest BCUT2D eigenvalue weighted by atomic mass is 10.0. The maximum absolute atomic E-state index is 12.0. The van der Waals surface area contributed by atoms with Gasteiger partial charge in [-0.1, -0.05) is 6.07 Å². The number of carbonyl (C=O) groups is 1. The number of H-pyrrole nitrogens is 1. The van der Waals surface area contributed by atoms with E-state index in [-0.39, 0.29) is 12.2 Å². The number of hydrogen-bond acceptors (Lipinski definition) is 3. The number of anilines is 1. The van der Waals surface area contributed by atoms with Crippen molar-refractivity contribution in [3.63, 3.8) is 0 Å². The van der Waals surface area contributed by atoms with E-state index < -0.39 is 0 Å². The van der Waals surface area contributed by atoms with Crippen LogP contribution in [0.3, 0.4) is 0 Å². The highest BCUT2D eigenvalue weighted by atomic mass is 16.1. The number of imidazole rings is 1. The van der Waals surface area contributed by atoms with E-state index in [0.717, 1.165) is 5.56 Å². The molecule has 4 nitrogen and oxygen atoms in total. The molecule has 1 aromatic heterocycles. The molecule has 0 amide bonds. The van der Waals surface area contributed by atoms with E-state index in [1.807, 2.05) is 13.0 Å². The second kappa shape index (κ2) is 4.18. The van der Waals surface area contributed by atoms with E-state index in [1.165, 1.54) is 0 Å². The molecule has 0 aliphatic carbocycles. The maximum atomic E-state index is 12.0. The summed E-state index contributed by atoms with van der Waals surface area (Å²) in [7, 11) is 0. The molecule has 0 spiro atoms. The second-order valence-electron chi connectivity index (χ2n) is 3.71. The van der Waals surface area contributed by atoms with Crippen molar-refractivity contribution in [2.45, 2.75) is 13.3 Å². The smallest absolute Gasteiger partial charge is 0.170 e. The van der Waals surface area contributed by atoms with Gasteiger partial charge in [0.05, 0.1) is 6.42 Å². The lowest BCUT2D eigenvalue weighted by molar-refractivity contribution is 0.0990. The summed E-state index contributed by atoms with van der Waals surface area (Å²) in [6, 6.07) is 5.35.